The number of terminal acetylenes is 1. The Balaban J connectivity index is 3.67. The lowest BCUT2D eigenvalue weighted by Gasteiger charge is -1.96. The van der Waals surface area contributed by atoms with Gasteiger partial charge in [0.15, 0.2) is 0 Å². The molecule has 0 heteroatoms. The number of hydrogen-bond acceptors (Lipinski definition) is 0. The smallest absolute Gasteiger partial charge is 0.00223 e. The third-order valence-corrected chi connectivity index (χ3v) is 1.66. The molecule has 0 amide bonds. The SMILES string of the molecule is C#C/C(=C\CCC)CCCC. The van der Waals surface area contributed by atoms with E-state index in [-0.39, 0.29) is 0 Å². The van der Waals surface area contributed by atoms with E-state index in [1.165, 1.54) is 24.8 Å². The van der Waals surface area contributed by atoms with Crippen LogP contribution in [0.3, 0.4) is 0 Å². The van der Waals surface area contributed by atoms with Crippen LogP contribution >= 0.6 is 0 Å². The van der Waals surface area contributed by atoms with Crippen molar-refractivity contribution in [3.8, 4) is 12.3 Å². The van der Waals surface area contributed by atoms with Crippen molar-refractivity contribution in [2.24, 2.45) is 0 Å². The van der Waals surface area contributed by atoms with Crippen LogP contribution in [0.25, 0.3) is 0 Å². The molecule has 0 saturated heterocycles. The van der Waals surface area contributed by atoms with Gasteiger partial charge in [-0.25, -0.2) is 0 Å². The molecule has 0 N–H and O–H groups in total. The zero-order chi connectivity index (χ0) is 8.53. The molecule has 0 rings (SSSR count). The fraction of sp³-hybridized carbons (Fsp3) is 0.636. The van der Waals surface area contributed by atoms with Crippen LogP contribution in [0.15, 0.2) is 11.6 Å². The van der Waals surface area contributed by atoms with Crippen LogP contribution in [-0.2, 0) is 0 Å². The summed E-state index contributed by atoms with van der Waals surface area (Å²) in [5, 5.41) is 0. The molecule has 0 radical (unpaired) electrons. The van der Waals surface area contributed by atoms with Gasteiger partial charge in [-0.2, -0.15) is 0 Å². The van der Waals surface area contributed by atoms with E-state index in [0.717, 1.165) is 12.8 Å². The summed E-state index contributed by atoms with van der Waals surface area (Å²) in [5.74, 6) is 2.73. The first kappa shape index (κ1) is 10.3. The van der Waals surface area contributed by atoms with Crippen molar-refractivity contribution in [3.05, 3.63) is 11.6 Å². The third-order valence-electron chi connectivity index (χ3n) is 1.66. The number of allylic oxidation sites excluding steroid dienone is 2. The second-order valence-electron chi connectivity index (χ2n) is 2.77. The van der Waals surface area contributed by atoms with E-state index < -0.39 is 0 Å². The highest BCUT2D eigenvalue weighted by Crippen LogP contribution is 2.07. The zero-order valence-corrected chi connectivity index (χ0v) is 7.69. The number of unbranched alkanes of at least 4 members (excludes halogenated alkanes) is 2. The fourth-order valence-corrected chi connectivity index (χ4v) is 0.919. The number of hydrogen-bond donors (Lipinski definition) is 0. The van der Waals surface area contributed by atoms with Crippen LogP contribution in [0, 0.1) is 12.3 Å². The minimum Gasteiger partial charge on any atom is -0.115 e. The lowest BCUT2D eigenvalue weighted by molar-refractivity contribution is 0.795. The molecule has 0 nitrogen and oxygen atoms in total. The molecule has 0 bridgehead atoms. The molecular weight excluding hydrogens is 132 g/mol. The van der Waals surface area contributed by atoms with Gasteiger partial charge in [0.25, 0.3) is 0 Å². The van der Waals surface area contributed by atoms with Crippen LogP contribution < -0.4 is 0 Å². The van der Waals surface area contributed by atoms with E-state index in [2.05, 4.69) is 25.8 Å². The molecule has 0 fully saturated rings. The standard InChI is InChI=1S/C11H18/c1-4-7-9-11(6-3)10-8-5-2/h3,9H,4-5,7-8,10H2,1-2H3/b11-9+. The summed E-state index contributed by atoms with van der Waals surface area (Å²) in [5.41, 5.74) is 1.19. The van der Waals surface area contributed by atoms with E-state index in [1.54, 1.807) is 0 Å². The maximum absolute atomic E-state index is 5.34. The van der Waals surface area contributed by atoms with Crippen molar-refractivity contribution >= 4 is 0 Å². The Labute approximate surface area is 70.7 Å². The molecule has 11 heavy (non-hydrogen) atoms. The largest absolute Gasteiger partial charge is 0.115 e. The van der Waals surface area contributed by atoms with Crippen molar-refractivity contribution in [2.45, 2.75) is 46.0 Å². The molecule has 0 heterocycles. The van der Waals surface area contributed by atoms with Gasteiger partial charge in [-0.05, 0) is 24.8 Å². The number of rotatable bonds is 5. The zero-order valence-electron chi connectivity index (χ0n) is 7.69. The maximum Gasteiger partial charge on any atom is -0.00223 e. The monoisotopic (exact) mass is 150 g/mol. The molecule has 0 aliphatic rings. The minimum atomic E-state index is 1.09. The molecule has 0 atom stereocenters. The molecule has 0 aromatic rings. The van der Waals surface area contributed by atoms with E-state index in [9.17, 15) is 0 Å². The Bertz CT molecular complexity index is 146. The Hall–Kier alpha value is -0.700. The van der Waals surface area contributed by atoms with Crippen LogP contribution in [0.1, 0.15) is 46.0 Å². The highest BCUT2D eigenvalue weighted by Gasteiger charge is 1.90. The van der Waals surface area contributed by atoms with Crippen LogP contribution in [-0.4, -0.2) is 0 Å². The summed E-state index contributed by atoms with van der Waals surface area (Å²) in [7, 11) is 0. The molecule has 0 aliphatic heterocycles. The first-order valence-corrected chi connectivity index (χ1v) is 4.50. The topological polar surface area (TPSA) is 0 Å². The molecule has 0 aliphatic carbocycles. The van der Waals surface area contributed by atoms with Gasteiger partial charge in [0.05, 0.1) is 0 Å². The van der Waals surface area contributed by atoms with Crippen LogP contribution in [0.2, 0.25) is 0 Å². The summed E-state index contributed by atoms with van der Waals surface area (Å²) in [4.78, 5) is 0. The molecule has 0 spiro atoms. The first-order chi connectivity index (χ1) is 5.35. The molecule has 0 aromatic carbocycles. The Morgan fingerprint density at radius 1 is 1.36 bits per heavy atom. The lowest BCUT2D eigenvalue weighted by atomic mass is 10.1. The molecule has 0 saturated carbocycles. The first-order valence-electron chi connectivity index (χ1n) is 4.50. The van der Waals surface area contributed by atoms with E-state index in [0.29, 0.717) is 0 Å². The molecule has 62 valence electrons. The van der Waals surface area contributed by atoms with E-state index in [1.807, 2.05) is 0 Å². The van der Waals surface area contributed by atoms with Gasteiger partial charge in [0, 0.05) is 0 Å². The van der Waals surface area contributed by atoms with Gasteiger partial charge in [-0.3, -0.25) is 0 Å². The maximum atomic E-state index is 5.34. The normalized spacial score (nSPS) is 11.2. The van der Waals surface area contributed by atoms with Crippen molar-refractivity contribution in [1.82, 2.24) is 0 Å². The van der Waals surface area contributed by atoms with E-state index in [4.69, 9.17) is 6.42 Å². The highest BCUT2D eigenvalue weighted by molar-refractivity contribution is 5.24. The van der Waals surface area contributed by atoms with Crippen LogP contribution in [0.4, 0.5) is 0 Å². The quantitative estimate of drug-likeness (QED) is 0.526. The predicted molar refractivity (Wildman–Crippen MR) is 51.3 cm³/mol. The van der Waals surface area contributed by atoms with Gasteiger partial charge in [-0.15, -0.1) is 6.42 Å². The Kier molecular flexibility index (Phi) is 6.94. The average molecular weight is 150 g/mol. The van der Waals surface area contributed by atoms with Crippen LogP contribution in [0.5, 0.6) is 0 Å². The highest BCUT2D eigenvalue weighted by atomic mass is 13.9. The summed E-state index contributed by atoms with van der Waals surface area (Å²) in [6, 6.07) is 0. The Morgan fingerprint density at radius 2 is 2.09 bits per heavy atom. The van der Waals surface area contributed by atoms with Gasteiger partial charge in [0.1, 0.15) is 0 Å². The summed E-state index contributed by atoms with van der Waals surface area (Å²) >= 11 is 0. The van der Waals surface area contributed by atoms with E-state index >= 15 is 0 Å². The second kappa shape index (κ2) is 7.41. The second-order valence-corrected chi connectivity index (χ2v) is 2.77. The van der Waals surface area contributed by atoms with Gasteiger partial charge < -0.3 is 0 Å². The van der Waals surface area contributed by atoms with Crippen molar-refractivity contribution in [1.29, 1.82) is 0 Å². The van der Waals surface area contributed by atoms with Gasteiger partial charge in [0.2, 0.25) is 0 Å². The average Bonchev–Trinajstić information content (AvgIpc) is 2.05. The summed E-state index contributed by atoms with van der Waals surface area (Å²) in [6.45, 7) is 4.36. The summed E-state index contributed by atoms with van der Waals surface area (Å²) < 4.78 is 0. The van der Waals surface area contributed by atoms with Crippen molar-refractivity contribution in [2.75, 3.05) is 0 Å². The minimum absolute atomic E-state index is 1.09. The van der Waals surface area contributed by atoms with Gasteiger partial charge in [-0.1, -0.05) is 38.7 Å². The molecule has 0 unspecified atom stereocenters. The van der Waals surface area contributed by atoms with Gasteiger partial charge >= 0.3 is 0 Å². The predicted octanol–water partition coefficient (Wildman–Crippen LogP) is 3.54. The third kappa shape index (κ3) is 5.73. The Morgan fingerprint density at radius 3 is 2.55 bits per heavy atom. The van der Waals surface area contributed by atoms with Crippen molar-refractivity contribution in [3.63, 3.8) is 0 Å². The molecular formula is C11H18. The molecule has 0 aromatic heterocycles. The lowest BCUT2D eigenvalue weighted by Crippen LogP contribution is -1.79. The summed E-state index contributed by atoms with van der Waals surface area (Å²) in [6.07, 6.45) is 13.4. The van der Waals surface area contributed by atoms with Crippen molar-refractivity contribution < 1.29 is 0 Å². The fourth-order valence-electron chi connectivity index (χ4n) is 0.919.